The molecular formula is C8H19NS. The second-order valence-corrected chi connectivity index (χ2v) is 4.95. The van der Waals surface area contributed by atoms with Crippen LogP contribution in [0, 0.1) is 5.41 Å². The third-order valence-corrected chi connectivity index (χ3v) is 2.62. The molecule has 0 aliphatic heterocycles. The zero-order chi connectivity index (χ0) is 8.20. The van der Waals surface area contributed by atoms with Gasteiger partial charge in [0.2, 0.25) is 0 Å². The molecule has 0 radical (unpaired) electrons. The fourth-order valence-electron chi connectivity index (χ4n) is 0.495. The maximum Gasteiger partial charge on any atom is 0.0179 e. The lowest BCUT2D eigenvalue weighted by molar-refractivity contribution is 0.344. The van der Waals surface area contributed by atoms with E-state index in [4.69, 9.17) is 5.73 Å². The van der Waals surface area contributed by atoms with Crippen LogP contribution in [-0.4, -0.2) is 17.5 Å². The Hall–Kier alpha value is 0.310. The molecular weight excluding hydrogens is 142 g/mol. The van der Waals surface area contributed by atoms with E-state index in [1.165, 1.54) is 5.75 Å². The first-order valence-electron chi connectivity index (χ1n) is 3.81. The smallest absolute Gasteiger partial charge is 0.0179 e. The predicted octanol–water partition coefficient (Wildman–Crippen LogP) is 2.11. The van der Waals surface area contributed by atoms with E-state index in [0.29, 0.717) is 6.04 Å². The summed E-state index contributed by atoms with van der Waals surface area (Å²) in [6, 6.07) is 0.331. The quantitative estimate of drug-likeness (QED) is 0.686. The van der Waals surface area contributed by atoms with Gasteiger partial charge in [0.15, 0.2) is 0 Å². The van der Waals surface area contributed by atoms with Crippen molar-refractivity contribution in [3.63, 3.8) is 0 Å². The van der Waals surface area contributed by atoms with E-state index < -0.39 is 0 Å². The van der Waals surface area contributed by atoms with Crippen molar-refractivity contribution >= 4 is 11.8 Å². The van der Waals surface area contributed by atoms with Gasteiger partial charge in [-0.05, 0) is 11.2 Å². The first-order valence-corrected chi connectivity index (χ1v) is 4.97. The van der Waals surface area contributed by atoms with E-state index in [2.05, 4.69) is 27.7 Å². The van der Waals surface area contributed by atoms with Crippen LogP contribution < -0.4 is 5.73 Å². The van der Waals surface area contributed by atoms with Crippen LogP contribution in [0.4, 0.5) is 0 Å². The van der Waals surface area contributed by atoms with Gasteiger partial charge in [0.05, 0.1) is 0 Å². The Bertz CT molecular complexity index is 85.7. The van der Waals surface area contributed by atoms with Gasteiger partial charge < -0.3 is 5.73 Å². The van der Waals surface area contributed by atoms with Gasteiger partial charge in [-0.1, -0.05) is 27.7 Å². The fraction of sp³-hybridized carbons (Fsp3) is 1.00. The topological polar surface area (TPSA) is 26.0 Å². The molecule has 1 nitrogen and oxygen atoms in total. The van der Waals surface area contributed by atoms with Gasteiger partial charge in [-0.2, -0.15) is 11.8 Å². The normalized spacial score (nSPS) is 15.3. The van der Waals surface area contributed by atoms with Crippen LogP contribution in [0.25, 0.3) is 0 Å². The van der Waals surface area contributed by atoms with Crippen molar-refractivity contribution in [3.8, 4) is 0 Å². The van der Waals surface area contributed by atoms with Crippen molar-refractivity contribution in [2.75, 3.05) is 11.5 Å². The molecule has 2 N–H and O–H groups in total. The van der Waals surface area contributed by atoms with Crippen LogP contribution in [0.1, 0.15) is 27.7 Å². The maximum absolute atomic E-state index is 5.92. The van der Waals surface area contributed by atoms with Gasteiger partial charge in [0.1, 0.15) is 0 Å². The lowest BCUT2D eigenvalue weighted by atomic mass is 9.89. The molecule has 0 spiro atoms. The summed E-state index contributed by atoms with van der Waals surface area (Å²) >= 11 is 1.92. The lowest BCUT2D eigenvalue weighted by Crippen LogP contribution is -2.37. The molecule has 0 aromatic heterocycles. The highest BCUT2D eigenvalue weighted by atomic mass is 32.2. The SMILES string of the molecule is CCSCC(N)C(C)(C)C. The monoisotopic (exact) mass is 161 g/mol. The Balaban J connectivity index is 3.52. The van der Waals surface area contributed by atoms with Gasteiger partial charge in [0, 0.05) is 11.8 Å². The predicted molar refractivity (Wildman–Crippen MR) is 50.4 cm³/mol. The summed E-state index contributed by atoms with van der Waals surface area (Å²) < 4.78 is 0. The van der Waals surface area contributed by atoms with Crippen molar-refractivity contribution in [2.45, 2.75) is 33.7 Å². The molecule has 1 unspecified atom stereocenters. The zero-order valence-electron chi connectivity index (χ0n) is 7.48. The summed E-state index contributed by atoms with van der Waals surface area (Å²) in [5, 5.41) is 0. The number of thioether (sulfide) groups is 1. The highest BCUT2D eigenvalue weighted by Gasteiger charge is 2.19. The Morgan fingerprint density at radius 1 is 1.40 bits per heavy atom. The number of hydrogen-bond donors (Lipinski definition) is 1. The molecule has 1 atom stereocenters. The lowest BCUT2D eigenvalue weighted by Gasteiger charge is -2.26. The molecule has 0 fully saturated rings. The largest absolute Gasteiger partial charge is 0.326 e. The average Bonchev–Trinajstić information content (AvgIpc) is 1.80. The Morgan fingerprint density at radius 3 is 2.20 bits per heavy atom. The minimum Gasteiger partial charge on any atom is -0.326 e. The number of nitrogens with two attached hydrogens (primary N) is 1. The van der Waals surface area contributed by atoms with E-state index in [1.807, 2.05) is 11.8 Å². The second kappa shape index (κ2) is 4.24. The van der Waals surface area contributed by atoms with E-state index in [-0.39, 0.29) is 5.41 Å². The first-order chi connectivity index (χ1) is 4.48. The molecule has 0 saturated carbocycles. The third-order valence-electron chi connectivity index (χ3n) is 1.61. The molecule has 0 aliphatic rings. The molecule has 2 heteroatoms. The van der Waals surface area contributed by atoms with E-state index in [9.17, 15) is 0 Å². The molecule has 0 heterocycles. The van der Waals surface area contributed by atoms with Crippen molar-refractivity contribution in [2.24, 2.45) is 11.1 Å². The molecule has 0 saturated heterocycles. The van der Waals surface area contributed by atoms with Crippen LogP contribution in [0.2, 0.25) is 0 Å². The van der Waals surface area contributed by atoms with Crippen molar-refractivity contribution in [1.29, 1.82) is 0 Å². The second-order valence-electron chi connectivity index (χ2n) is 3.63. The van der Waals surface area contributed by atoms with E-state index >= 15 is 0 Å². The van der Waals surface area contributed by atoms with Crippen LogP contribution in [0.15, 0.2) is 0 Å². The molecule has 0 aliphatic carbocycles. The molecule has 0 aromatic rings. The summed E-state index contributed by atoms with van der Waals surface area (Å²) in [4.78, 5) is 0. The summed E-state index contributed by atoms with van der Waals surface area (Å²) in [6.07, 6.45) is 0. The Morgan fingerprint density at radius 2 is 1.90 bits per heavy atom. The van der Waals surface area contributed by atoms with Crippen molar-refractivity contribution < 1.29 is 0 Å². The summed E-state index contributed by atoms with van der Waals surface area (Å²) in [7, 11) is 0. The number of rotatable bonds is 3. The van der Waals surface area contributed by atoms with Crippen molar-refractivity contribution in [1.82, 2.24) is 0 Å². The standard InChI is InChI=1S/C8H19NS/c1-5-10-6-7(9)8(2,3)4/h7H,5-6,9H2,1-4H3. The molecule has 0 amide bonds. The number of hydrogen-bond acceptors (Lipinski definition) is 2. The summed E-state index contributed by atoms with van der Waals surface area (Å²) in [5.41, 5.74) is 6.18. The first kappa shape index (κ1) is 10.3. The van der Waals surface area contributed by atoms with Gasteiger partial charge >= 0.3 is 0 Å². The van der Waals surface area contributed by atoms with Crippen LogP contribution in [-0.2, 0) is 0 Å². The van der Waals surface area contributed by atoms with Gasteiger partial charge in [-0.3, -0.25) is 0 Å². The fourth-order valence-corrected chi connectivity index (χ4v) is 1.48. The maximum atomic E-state index is 5.92. The van der Waals surface area contributed by atoms with Gasteiger partial charge in [-0.15, -0.1) is 0 Å². The van der Waals surface area contributed by atoms with Gasteiger partial charge in [-0.25, -0.2) is 0 Å². The molecule has 0 bridgehead atoms. The van der Waals surface area contributed by atoms with Crippen LogP contribution in [0.3, 0.4) is 0 Å². The van der Waals surface area contributed by atoms with E-state index in [0.717, 1.165) is 5.75 Å². The summed E-state index contributed by atoms with van der Waals surface area (Å²) in [5.74, 6) is 2.25. The van der Waals surface area contributed by atoms with E-state index in [1.54, 1.807) is 0 Å². The molecule has 0 rings (SSSR count). The summed E-state index contributed by atoms with van der Waals surface area (Å²) in [6.45, 7) is 8.73. The Labute approximate surface area is 68.8 Å². The minimum atomic E-state index is 0.266. The third kappa shape index (κ3) is 4.18. The van der Waals surface area contributed by atoms with Crippen LogP contribution in [0.5, 0.6) is 0 Å². The average molecular weight is 161 g/mol. The molecule has 10 heavy (non-hydrogen) atoms. The Kier molecular flexibility index (Phi) is 4.37. The highest BCUT2D eigenvalue weighted by molar-refractivity contribution is 7.99. The van der Waals surface area contributed by atoms with Crippen molar-refractivity contribution in [3.05, 3.63) is 0 Å². The minimum absolute atomic E-state index is 0.266. The zero-order valence-corrected chi connectivity index (χ0v) is 8.29. The highest BCUT2D eigenvalue weighted by Crippen LogP contribution is 2.20. The van der Waals surface area contributed by atoms with Crippen LogP contribution >= 0.6 is 11.8 Å². The molecule has 62 valence electrons. The van der Waals surface area contributed by atoms with Gasteiger partial charge in [0.25, 0.3) is 0 Å². The molecule has 0 aromatic carbocycles.